The van der Waals surface area contributed by atoms with Crippen molar-refractivity contribution in [3.8, 4) is 22.8 Å². The number of aromatic amines is 1. The molecule has 2 aliphatic heterocycles. The van der Waals surface area contributed by atoms with Gasteiger partial charge in [-0.05, 0) is 61.7 Å². The second-order valence-corrected chi connectivity index (χ2v) is 9.31. The molecule has 3 aliphatic rings. The standard InChI is InChI=1S/C27H28N4O3/c1-16-4-2-3-5-19(16)20-10-11-28-14-23(20)29-27(32)18-6-8-22-21(12-18)26(31-30-22)17-7-9-24-25(13-17)34-15-33-24/h2-3,5-9,12-13,16,20,23,28H,4,10-11,14-15H2,1H3,(H,29,32)(H,30,31). The number of carbonyl (C=O) groups excluding carboxylic acids is 1. The highest BCUT2D eigenvalue weighted by Gasteiger charge is 2.31. The summed E-state index contributed by atoms with van der Waals surface area (Å²) in [5.74, 6) is 2.25. The zero-order valence-electron chi connectivity index (χ0n) is 19.1. The summed E-state index contributed by atoms with van der Waals surface area (Å²) in [6, 6.07) is 11.5. The molecule has 3 N–H and O–H groups in total. The fourth-order valence-corrected chi connectivity index (χ4v) is 5.33. The van der Waals surface area contributed by atoms with Crippen molar-refractivity contribution in [2.75, 3.05) is 19.9 Å². The van der Waals surface area contributed by atoms with Crippen molar-refractivity contribution in [1.82, 2.24) is 20.8 Å². The van der Waals surface area contributed by atoms with Gasteiger partial charge in [0.05, 0.1) is 5.52 Å². The minimum Gasteiger partial charge on any atom is -0.454 e. The lowest BCUT2D eigenvalue weighted by Gasteiger charge is -2.37. The van der Waals surface area contributed by atoms with Crippen LogP contribution in [0.5, 0.6) is 11.5 Å². The number of fused-ring (bicyclic) bond motifs is 2. The number of H-pyrrole nitrogens is 1. The Morgan fingerprint density at radius 3 is 2.97 bits per heavy atom. The number of aromatic nitrogens is 2. The van der Waals surface area contributed by atoms with Crippen LogP contribution < -0.4 is 20.1 Å². The van der Waals surface area contributed by atoms with E-state index in [1.54, 1.807) is 0 Å². The van der Waals surface area contributed by atoms with Gasteiger partial charge in [0, 0.05) is 35.0 Å². The van der Waals surface area contributed by atoms with Crippen molar-refractivity contribution in [1.29, 1.82) is 0 Å². The summed E-state index contributed by atoms with van der Waals surface area (Å²) in [5, 5.41) is 15.3. The van der Waals surface area contributed by atoms with Crippen LogP contribution in [0.1, 0.15) is 30.1 Å². The van der Waals surface area contributed by atoms with Crippen LogP contribution in [0, 0.1) is 11.8 Å². The molecule has 1 aliphatic carbocycles. The zero-order valence-corrected chi connectivity index (χ0v) is 19.1. The van der Waals surface area contributed by atoms with Gasteiger partial charge in [0.2, 0.25) is 6.79 Å². The first-order valence-corrected chi connectivity index (χ1v) is 11.9. The van der Waals surface area contributed by atoms with Gasteiger partial charge in [0.1, 0.15) is 5.69 Å². The van der Waals surface area contributed by atoms with E-state index in [-0.39, 0.29) is 18.7 Å². The minimum atomic E-state index is -0.0574. The molecule has 34 heavy (non-hydrogen) atoms. The second-order valence-electron chi connectivity index (χ2n) is 9.31. The van der Waals surface area contributed by atoms with E-state index in [9.17, 15) is 4.79 Å². The number of hydrogen-bond donors (Lipinski definition) is 3. The van der Waals surface area contributed by atoms with Crippen molar-refractivity contribution in [2.45, 2.75) is 25.8 Å². The Balaban J connectivity index is 1.27. The van der Waals surface area contributed by atoms with Crippen LogP contribution in [0.4, 0.5) is 0 Å². The maximum absolute atomic E-state index is 13.4. The summed E-state index contributed by atoms with van der Waals surface area (Å²) in [6.45, 7) is 4.26. The fourth-order valence-electron chi connectivity index (χ4n) is 5.33. The van der Waals surface area contributed by atoms with E-state index in [4.69, 9.17) is 9.47 Å². The van der Waals surface area contributed by atoms with Crippen LogP contribution >= 0.6 is 0 Å². The number of piperidine rings is 1. The maximum atomic E-state index is 13.4. The van der Waals surface area contributed by atoms with Gasteiger partial charge in [-0.2, -0.15) is 5.10 Å². The first-order chi connectivity index (χ1) is 16.7. The largest absolute Gasteiger partial charge is 0.454 e. The van der Waals surface area contributed by atoms with E-state index in [0.717, 1.165) is 53.8 Å². The number of ether oxygens (including phenoxy) is 2. The monoisotopic (exact) mass is 456 g/mol. The summed E-state index contributed by atoms with van der Waals surface area (Å²) in [4.78, 5) is 13.4. The van der Waals surface area contributed by atoms with Gasteiger partial charge in [-0.25, -0.2) is 0 Å². The van der Waals surface area contributed by atoms with E-state index < -0.39 is 0 Å². The first kappa shape index (κ1) is 21.0. The molecule has 3 aromatic rings. The summed E-state index contributed by atoms with van der Waals surface area (Å²) in [7, 11) is 0. The smallest absolute Gasteiger partial charge is 0.251 e. The third kappa shape index (κ3) is 3.76. The summed E-state index contributed by atoms with van der Waals surface area (Å²) >= 11 is 0. The molecule has 0 spiro atoms. The highest BCUT2D eigenvalue weighted by atomic mass is 16.7. The topological polar surface area (TPSA) is 88.3 Å². The van der Waals surface area contributed by atoms with Crippen molar-refractivity contribution in [3.63, 3.8) is 0 Å². The Kier molecular flexibility index (Phi) is 5.34. The van der Waals surface area contributed by atoms with E-state index >= 15 is 0 Å². The van der Waals surface area contributed by atoms with Gasteiger partial charge in [-0.15, -0.1) is 0 Å². The van der Waals surface area contributed by atoms with Crippen molar-refractivity contribution < 1.29 is 14.3 Å². The molecule has 1 saturated heterocycles. The Bertz CT molecular complexity index is 1310. The van der Waals surface area contributed by atoms with Crippen molar-refractivity contribution >= 4 is 16.8 Å². The van der Waals surface area contributed by atoms with Gasteiger partial charge in [-0.3, -0.25) is 9.89 Å². The predicted molar refractivity (Wildman–Crippen MR) is 131 cm³/mol. The zero-order chi connectivity index (χ0) is 23.1. The molecular formula is C27H28N4O3. The lowest BCUT2D eigenvalue weighted by atomic mass is 9.77. The van der Waals surface area contributed by atoms with Gasteiger partial charge in [0.25, 0.3) is 5.91 Å². The van der Waals surface area contributed by atoms with Crippen LogP contribution in [0.3, 0.4) is 0 Å². The summed E-state index contributed by atoms with van der Waals surface area (Å²) in [5.41, 5.74) is 4.66. The number of benzene rings is 2. The molecular weight excluding hydrogens is 428 g/mol. The normalized spacial score (nSPS) is 23.7. The first-order valence-electron chi connectivity index (χ1n) is 11.9. The Hall–Kier alpha value is -3.58. The van der Waals surface area contributed by atoms with E-state index in [0.29, 0.717) is 23.1 Å². The molecule has 0 bridgehead atoms. The number of rotatable bonds is 4. The molecule has 7 nitrogen and oxygen atoms in total. The minimum absolute atomic E-state index is 0.0574. The van der Waals surface area contributed by atoms with Crippen LogP contribution in [-0.2, 0) is 0 Å². The number of allylic oxidation sites excluding steroid dienone is 3. The van der Waals surface area contributed by atoms with E-state index in [2.05, 4.69) is 46.0 Å². The number of carbonyl (C=O) groups is 1. The van der Waals surface area contributed by atoms with Crippen LogP contribution in [0.2, 0.25) is 0 Å². The van der Waals surface area contributed by atoms with Gasteiger partial charge in [-0.1, -0.05) is 30.7 Å². The van der Waals surface area contributed by atoms with Crippen molar-refractivity contribution in [2.24, 2.45) is 11.8 Å². The van der Waals surface area contributed by atoms with Gasteiger partial charge in [0.15, 0.2) is 11.5 Å². The Labute approximate surface area is 198 Å². The lowest BCUT2D eigenvalue weighted by molar-refractivity contribution is 0.0917. The molecule has 7 heteroatoms. The summed E-state index contributed by atoms with van der Waals surface area (Å²) in [6.07, 6.45) is 8.72. The van der Waals surface area contributed by atoms with Crippen LogP contribution in [-0.4, -0.2) is 42.0 Å². The fraction of sp³-hybridized carbons (Fsp3) is 0.333. The average molecular weight is 457 g/mol. The molecule has 3 heterocycles. The maximum Gasteiger partial charge on any atom is 0.251 e. The quantitative estimate of drug-likeness (QED) is 0.548. The second kappa shape index (κ2) is 8.65. The molecule has 2 aromatic carbocycles. The molecule has 1 amide bonds. The molecule has 1 fully saturated rings. The molecule has 3 atom stereocenters. The van der Waals surface area contributed by atoms with Crippen molar-refractivity contribution in [3.05, 3.63) is 65.8 Å². The predicted octanol–water partition coefficient (Wildman–Crippen LogP) is 4.19. The highest BCUT2D eigenvalue weighted by molar-refractivity contribution is 6.01. The molecule has 3 unspecified atom stereocenters. The molecule has 174 valence electrons. The molecule has 0 radical (unpaired) electrons. The number of nitrogens with zero attached hydrogens (tertiary/aromatic N) is 1. The SMILES string of the molecule is CC1CC=CC=C1C1CCNCC1NC(=O)c1ccc2[nH]nc(-c3ccc4c(c3)OCO4)c2c1. The third-order valence-corrected chi connectivity index (χ3v) is 7.18. The lowest BCUT2D eigenvalue weighted by Crippen LogP contribution is -2.52. The Morgan fingerprint density at radius 2 is 2.06 bits per heavy atom. The van der Waals surface area contributed by atoms with Gasteiger partial charge < -0.3 is 20.1 Å². The molecule has 0 saturated carbocycles. The highest BCUT2D eigenvalue weighted by Crippen LogP contribution is 2.37. The van der Waals surface area contributed by atoms with E-state index in [1.165, 1.54) is 5.57 Å². The average Bonchev–Trinajstić information content (AvgIpc) is 3.51. The molecule has 1 aromatic heterocycles. The number of nitrogens with one attached hydrogen (secondary N) is 3. The molecule has 6 rings (SSSR count). The summed E-state index contributed by atoms with van der Waals surface area (Å²) < 4.78 is 10.9. The Morgan fingerprint density at radius 1 is 1.15 bits per heavy atom. The number of amides is 1. The van der Waals surface area contributed by atoms with Crippen LogP contribution in [0.15, 0.2) is 60.2 Å². The number of hydrogen-bond acceptors (Lipinski definition) is 5. The van der Waals surface area contributed by atoms with Crippen LogP contribution in [0.25, 0.3) is 22.2 Å². The third-order valence-electron chi connectivity index (χ3n) is 7.18. The van der Waals surface area contributed by atoms with Gasteiger partial charge >= 0.3 is 0 Å². The van der Waals surface area contributed by atoms with E-state index in [1.807, 2.05) is 36.4 Å².